The Kier molecular flexibility index (Phi) is 4.17. The lowest BCUT2D eigenvalue weighted by Gasteiger charge is -2.06. The molecule has 0 unspecified atom stereocenters. The van der Waals surface area contributed by atoms with Crippen LogP contribution >= 0.6 is 27.5 Å². The number of carbonyl (C=O) groups is 1. The van der Waals surface area contributed by atoms with Crippen LogP contribution in [-0.4, -0.2) is 12.9 Å². The summed E-state index contributed by atoms with van der Waals surface area (Å²) in [5.41, 5.74) is 0.528. The molecule has 0 aromatic heterocycles. The van der Waals surface area contributed by atoms with Gasteiger partial charge in [0.2, 0.25) is 0 Å². The average Bonchev–Trinajstić information content (AvgIpc) is 2.15. The lowest BCUT2D eigenvalue weighted by atomic mass is 10.2. The van der Waals surface area contributed by atoms with Crippen LogP contribution in [-0.2, 0) is 0 Å². The first-order valence-electron chi connectivity index (χ1n) is 3.84. The molecule has 2 nitrogen and oxygen atoms in total. The van der Waals surface area contributed by atoms with Gasteiger partial charge in [0.05, 0.1) is 5.02 Å². The van der Waals surface area contributed by atoms with Crippen molar-refractivity contribution < 1.29 is 9.53 Å². The van der Waals surface area contributed by atoms with E-state index in [1.54, 1.807) is 18.2 Å². The zero-order chi connectivity index (χ0) is 10.6. The number of halogens is 2. The van der Waals surface area contributed by atoms with Crippen molar-refractivity contribution in [1.82, 2.24) is 0 Å². The first-order valence-corrected chi connectivity index (χ1v) is 5.01. The summed E-state index contributed by atoms with van der Waals surface area (Å²) in [6, 6.07) is 4.86. The van der Waals surface area contributed by atoms with E-state index in [0.29, 0.717) is 22.9 Å². The van der Waals surface area contributed by atoms with E-state index in [0.717, 1.165) is 10.8 Å². The van der Waals surface area contributed by atoms with E-state index in [2.05, 4.69) is 22.5 Å². The van der Waals surface area contributed by atoms with Gasteiger partial charge in [0, 0.05) is 10.0 Å². The first kappa shape index (κ1) is 11.3. The molecule has 0 saturated heterocycles. The van der Waals surface area contributed by atoms with Gasteiger partial charge in [0.25, 0.3) is 0 Å². The minimum Gasteiger partial charge on any atom is -0.487 e. The molecule has 0 heterocycles. The fraction of sp³-hybridized carbons (Fsp3) is 0.100. The SMILES string of the molecule is C=C(Br)COc1ccc(C=O)cc1Cl. The van der Waals surface area contributed by atoms with Gasteiger partial charge in [-0.15, -0.1) is 0 Å². The van der Waals surface area contributed by atoms with Crippen LogP contribution in [0.25, 0.3) is 0 Å². The van der Waals surface area contributed by atoms with Crippen molar-refractivity contribution >= 4 is 33.8 Å². The molecule has 1 rings (SSSR count). The Morgan fingerprint density at radius 2 is 2.36 bits per heavy atom. The standard InChI is InChI=1S/C10H8BrClO2/c1-7(11)6-14-10-3-2-8(5-13)4-9(10)12/h2-5H,1,6H2. The maximum Gasteiger partial charge on any atom is 0.150 e. The molecule has 0 aliphatic heterocycles. The zero-order valence-electron chi connectivity index (χ0n) is 7.30. The number of carbonyl (C=O) groups excluding carboxylic acids is 1. The topological polar surface area (TPSA) is 26.3 Å². The summed E-state index contributed by atoms with van der Waals surface area (Å²) >= 11 is 9.03. The highest BCUT2D eigenvalue weighted by Crippen LogP contribution is 2.25. The maximum absolute atomic E-state index is 10.4. The van der Waals surface area contributed by atoms with Gasteiger partial charge in [-0.2, -0.15) is 0 Å². The molecule has 4 heteroatoms. The highest BCUT2D eigenvalue weighted by Gasteiger charge is 2.02. The molecule has 0 bridgehead atoms. The van der Waals surface area contributed by atoms with Crippen molar-refractivity contribution in [3.8, 4) is 5.75 Å². The van der Waals surface area contributed by atoms with Gasteiger partial charge in [-0.25, -0.2) is 0 Å². The first-order chi connectivity index (χ1) is 6.63. The van der Waals surface area contributed by atoms with Crippen molar-refractivity contribution in [2.24, 2.45) is 0 Å². The van der Waals surface area contributed by atoms with E-state index in [-0.39, 0.29) is 0 Å². The van der Waals surface area contributed by atoms with Crippen LogP contribution in [0.4, 0.5) is 0 Å². The summed E-state index contributed by atoms with van der Waals surface area (Å²) in [5, 5.41) is 0.420. The Labute approximate surface area is 95.6 Å². The minimum atomic E-state index is 0.347. The van der Waals surface area contributed by atoms with Crippen molar-refractivity contribution in [3.63, 3.8) is 0 Å². The Bertz CT molecular complexity index is 363. The van der Waals surface area contributed by atoms with Gasteiger partial charge >= 0.3 is 0 Å². The summed E-state index contributed by atoms with van der Waals surface area (Å²) in [6.45, 7) is 3.97. The van der Waals surface area contributed by atoms with Crippen LogP contribution in [0.5, 0.6) is 5.75 Å². The molecule has 0 aliphatic rings. The predicted molar refractivity (Wildman–Crippen MR) is 60.4 cm³/mol. The van der Waals surface area contributed by atoms with Crippen LogP contribution in [0, 0.1) is 0 Å². The molecule has 14 heavy (non-hydrogen) atoms. The van der Waals surface area contributed by atoms with Crippen molar-refractivity contribution in [1.29, 1.82) is 0 Å². The molecule has 0 spiro atoms. The quantitative estimate of drug-likeness (QED) is 0.787. The highest BCUT2D eigenvalue weighted by atomic mass is 79.9. The molecule has 0 atom stereocenters. The van der Waals surface area contributed by atoms with Gasteiger partial charge in [0.15, 0.2) is 0 Å². The second kappa shape index (κ2) is 5.17. The highest BCUT2D eigenvalue weighted by molar-refractivity contribution is 9.11. The second-order valence-electron chi connectivity index (χ2n) is 2.61. The third-order valence-corrected chi connectivity index (χ3v) is 2.00. The smallest absolute Gasteiger partial charge is 0.150 e. The van der Waals surface area contributed by atoms with E-state index < -0.39 is 0 Å². The molecule has 1 aromatic rings. The summed E-state index contributed by atoms with van der Waals surface area (Å²) in [6.07, 6.45) is 0.735. The van der Waals surface area contributed by atoms with Gasteiger partial charge in [-0.05, 0) is 18.2 Å². The molecular formula is C10H8BrClO2. The number of aldehydes is 1. The fourth-order valence-electron chi connectivity index (χ4n) is 0.864. The van der Waals surface area contributed by atoms with Crippen LogP contribution in [0.3, 0.4) is 0 Å². The number of ether oxygens (including phenoxy) is 1. The Hall–Kier alpha value is -0.800. The van der Waals surface area contributed by atoms with E-state index >= 15 is 0 Å². The zero-order valence-corrected chi connectivity index (χ0v) is 9.64. The Morgan fingerprint density at radius 3 is 2.86 bits per heavy atom. The van der Waals surface area contributed by atoms with Crippen LogP contribution < -0.4 is 4.74 Å². The molecule has 0 amide bonds. The minimum absolute atomic E-state index is 0.347. The fourth-order valence-corrected chi connectivity index (χ4v) is 1.22. The third-order valence-electron chi connectivity index (χ3n) is 1.48. The van der Waals surface area contributed by atoms with Crippen LogP contribution in [0.15, 0.2) is 29.3 Å². The maximum atomic E-state index is 10.4. The van der Waals surface area contributed by atoms with Crippen molar-refractivity contribution in [3.05, 3.63) is 39.8 Å². The molecule has 74 valence electrons. The molecule has 0 N–H and O–H groups in total. The largest absolute Gasteiger partial charge is 0.487 e. The number of hydrogen-bond acceptors (Lipinski definition) is 2. The molecule has 0 radical (unpaired) electrons. The lowest BCUT2D eigenvalue weighted by molar-refractivity contribution is 0.112. The second-order valence-corrected chi connectivity index (χ2v) is 4.14. The van der Waals surface area contributed by atoms with Crippen molar-refractivity contribution in [2.75, 3.05) is 6.61 Å². The molecular weight excluding hydrogens is 267 g/mol. The summed E-state index contributed by atoms with van der Waals surface area (Å²) in [7, 11) is 0. The number of benzene rings is 1. The Balaban J connectivity index is 2.78. The molecule has 0 aliphatic carbocycles. The molecule has 1 aromatic carbocycles. The predicted octanol–water partition coefficient (Wildman–Crippen LogP) is 3.44. The lowest BCUT2D eigenvalue weighted by Crippen LogP contribution is -1.96. The van der Waals surface area contributed by atoms with Gasteiger partial charge < -0.3 is 4.74 Å². The summed E-state index contributed by atoms with van der Waals surface area (Å²) in [5.74, 6) is 0.540. The molecule has 0 fully saturated rings. The van der Waals surface area contributed by atoms with E-state index in [9.17, 15) is 4.79 Å². The van der Waals surface area contributed by atoms with E-state index in [1.165, 1.54) is 0 Å². The Morgan fingerprint density at radius 1 is 1.64 bits per heavy atom. The summed E-state index contributed by atoms with van der Waals surface area (Å²) < 4.78 is 6.03. The normalized spacial score (nSPS) is 9.57. The van der Waals surface area contributed by atoms with Gasteiger partial charge in [0.1, 0.15) is 18.6 Å². The van der Waals surface area contributed by atoms with Crippen LogP contribution in [0.1, 0.15) is 10.4 Å². The molecule has 0 saturated carbocycles. The van der Waals surface area contributed by atoms with E-state index in [4.69, 9.17) is 16.3 Å². The summed E-state index contributed by atoms with van der Waals surface area (Å²) in [4.78, 5) is 10.4. The number of hydrogen-bond donors (Lipinski definition) is 0. The van der Waals surface area contributed by atoms with E-state index in [1.807, 2.05) is 0 Å². The van der Waals surface area contributed by atoms with Gasteiger partial charge in [-0.3, -0.25) is 4.79 Å². The average molecular weight is 276 g/mol. The monoisotopic (exact) mass is 274 g/mol. The third kappa shape index (κ3) is 3.16. The number of rotatable bonds is 4. The van der Waals surface area contributed by atoms with Gasteiger partial charge in [-0.1, -0.05) is 34.1 Å². The van der Waals surface area contributed by atoms with Crippen molar-refractivity contribution in [2.45, 2.75) is 0 Å². The van der Waals surface area contributed by atoms with Crippen LogP contribution in [0.2, 0.25) is 5.02 Å².